The van der Waals surface area contributed by atoms with E-state index >= 15 is 0 Å². The molecule has 3 aromatic rings. The van der Waals surface area contributed by atoms with Crippen LogP contribution in [-0.4, -0.2) is 26.9 Å². The fraction of sp³-hybridized carbons (Fsp3) is 0.562. The van der Waals surface area contributed by atoms with E-state index in [2.05, 4.69) is 81.7 Å². The van der Waals surface area contributed by atoms with Crippen molar-refractivity contribution in [2.45, 2.75) is 86.2 Å². The monoisotopic (exact) mass is 487 g/mol. The summed E-state index contributed by atoms with van der Waals surface area (Å²) in [4.78, 5) is 20.9. The van der Waals surface area contributed by atoms with Crippen molar-refractivity contribution in [2.75, 3.05) is 6.54 Å². The van der Waals surface area contributed by atoms with Crippen molar-refractivity contribution >= 4 is 16.9 Å². The molecule has 0 radical (unpaired) electrons. The fourth-order valence-corrected chi connectivity index (χ4v) is 5.24. The molecule has 0 N–H and O–H groups in total. The van der Waals surface area contributed by atoms with E-state index in [0.29, 0.717) is 24.3 Å². The zero-order chi connectivity index (χ0) is 25.7. The summed E-state index contributed by atoms with van der Waals surface area (Å²) in [6.07, 6.45) is 6.98. The quantitative estimate of drug-likeness (QED) is 0.247. The van der Waals surface area contributed by atoms with Gasteiger partial charge in [0, 0.05) is 18.7 Å². The highest BCUT2D eigenvalue weighted by Gasteiger charge is 2.26. The average Bonchev–Trinajstić information content (AvgIpc) is 3.65. The second kappa shape index (κ2) is 12.1. The molecular formula is C32H45N3O. The molecule has 194 valence electrons. The maximum Gasteiger partial charge on any atom is 0.254 e. The number of aromatic nitrogens is 2. The summed E-state index contributed by atoms with van der Waals surface area (Å²) in [5, 5.41) is 0. The molecule has 4 rings (SSSR count). The number of hydrogen-bond donors (Lipinski definition) is 0. The molecule has 4 heteroatoms. The normalized spacial score (nSPS) is 15.4. The van der Waals surface area contributed by atoms with Crippen LogP contribution < -0.4 is 0 Å². The van der Waals surface area contributed by atoms with Gasteiger partial charge < -0.3 is 9.47 Å². The smallest absolute Gasteiger partial charge is 0.254 e. The van der Waals surface area contributed by atoms with Gasteiger partial charge in [-0.25, -0.2) is 4.98 Å². The largest absolute Gasteiger partial charge is 0.331 e. The van der Waals surface area contributed by atoms with Gasteiger partial charge in [-0.05, 0) is 79.2 Å². The molecule has 2 atom stereocenters. The van der Waals surface area contributed by atoms with Crippen molar-refractivity contribution in [1.29, 1.82) is 0 Å². The highest BCUT2D eigenvalue weighted by molar-refractivity contribution is 5.94. The van der Waals surface area contributed by atoms with Crippen LogP contribution in [0.5, 0.6) is 0 Å². The van der Waals surface area contributed by atoms with Gasteiger partial charge in [-0.15, -0.1) is 0 Å². The van der Waals surface area contributed by atoms with E-state index in [1.807, 2.05) is 11.0 Å². The van der Waals surface area contributed by atoms with Gasteiger partial charge in [0.15, 0.2) is 0 Å². The van der Waals surface area contributed by atoms with Crippen LogP contribution in [0.4, 0.5) is 0 Å². The van der Waals surface area contributed by atoms with E-state index in [4.69, 9.17) is 4.98 Å². The third kappa shape index (κ3) is 6.57. The minimum absolute atomic E-state index is 0.124. The molecule has 1 amide bonds. The Labute approximate surface area is 218 Å². The van der Waals surface area contributed by atoms with Gasteiger partial charge in [-0.3, -0.25) is 4.79 Å². The van der Waals surface area contributed by atoms with E-state index in [0.717, 1.165) is 48.8 Å². The summed E-state index contributed by atoms with van der Waals surface area (Å²) in [5.74, 6) is 3.77. The van der Waals surface area contributed by atoms with Gasteiger partial charge in [0.05, 0.1) is 17.6 Å². The summed E-state index contributed by atoms with van der Waals surface area (Å²) < 4.78 is 2.37. The van der Waals surface area contributed by atoms with Crippen molar-refractivity contribution in [3.05, 3.63) is 65.5 Å². The number of fused-ring (bicyclic) bond motifs is 1. The van der Waals surface area contributed by atoms with Crippen LogP contribution in [0.3, 0.4) is 0 Å². The standard InChI is InChI=1S/C32H45N3O/c1-6-24(5)27(7-2)19-26-11-10-12-28(20-26)32(36)34(18-17-23(3)4)22-31-33-29-13-8-9-14-30(29)35(31)21-25-15-16-25/h8-14,20,23-25,27H,6-7,15-19,21-22H2,1-5H3. The van der Waals surface area contributed by atoms with E-state index in [1.165, 1.54) is 36.8 Å². The van der Waals surface area contributed by atoms with Crippen LogP contribution in [0.15, 0.2) is 48.5 Å². The summed E-state index contributed by atoms with van der Waals surface area (Å²) in [5.41, 5.74) is 4.30. The Morgan fingerprint density at radius 2 is 1.83 bits per heavy atom. The molecule has 1 aromatic heterocycles. The number of hydrogen-bond acceptors (Lipinski definition) is 2. The topological polar surface area (TPSA) is 38.1 Å². The first-order chi connectivity index (χ1) is 17.4. The maximum absolute atomic E-state index is 13.9. The molecule has 1 aliphatic carbocycles. The van der Waals surface area contributed by atoms with E-state index in [1.54, 1.807) is 0 Å². The number of amides is 1. The Morgan fingerprint density at radius 3 is 2.53 bits per heavy atom. The number of para-hydroxylation sites is 2. The van der Waals surface area contributed by atoms with Crippen LogP contribution in [0.2, 0.25) is 0 Å². The number of carbonyl (C=O) groups is 1. The lowest BCUT2D eigenvalue weighted by Crippen LogP contribution is -2.33. The van der Waals surface area contributed by atoms with Crippen LogP contribution in [0.1, 0.15) is 88.5 Å². The zero-order valence-electron chi connectivity index (χ0n) is 23.0. The number of rotatable bonds is 13. The molecule has 0 spiro atoms. The van der Waals surface area contributed by atoms with Crippen LogP contribution >= 0.6 is 0 Å². The van der Waals surface area contributed by atoms with Gasteiger partial charge in [-0.1, -0.05) is 71.7 Å². The molecule has 1 aliphatic rings. The molecule has 1 saturated carbocycles. The molecule has 2 aromatic carbocycles. The van der Waals surface area contributed by atoms with Gasteiger partial charge in [-0.2, -0.15) is 0 Å². The molecule has 4 nitrogen and oxygen atoms in total. The van der Waals surface area contributed by atoms with Gasteiger partial charge in [0.25, 0.3) is 5.91 Å². The lowest BCUT2D eigenvalue weighted by Gasteiger charge is -2.25. The van der Waals surface area contributed by atoms with Crippen molar-refractivity contribution in [2.24, 2.45) is 23.7 Å². The van der Waals surface area contributed by atoms with Gasteiger partial charge in [0.1, 0.15) is 5.82 Å². The second-order valence-corrected chi connectivity index (χ2v) is 11.4. The van der Waals surface area contributed by atoms with Gasteiger partial charge >= 0.3 is 0 Å². The molecular weight excluding hydrogens is 442 g/mol. The SMILES string of the molecule is CCC(C)C(CC)Cc1cccc(C(=O)N(CCC(C)C)Cc2nc3ccccc3n2CC2CC2)c1. The minimum Gasteiger partial charge on any atom is -0.331 e. The lowest BCUT2D eigenvalue weighted by atomic mass is 9.84. The number of nitrogens with zero attached hydrogens (tertiary/aromatic N) is 3. The average molecular weight is 488 g/mol. The van der Waals surface area contributed by atoms with Crippen molar-refractivity contribution in [3.63, 3.8) is 0 Å². The molecule has 2 unspecified atom stereocenters. The Bertz CT molecular complexity index is 1140. The summed E-state index contributed by atoms with van der Waals surface area (Å²) in [6.45, 7) is 13.7. The number of imidazole rings is 1. The highest BCUT2D eigenvalue weighted by Crippen LogP contribution is 2.33. The number of benzene rings is 2. The Balaban J connectivity index is 1.59. The first-order valence-electron chi connectivity index (χ1n) is 14.2. The molecule has 0 aliphatic heterocycles. The Morgan fingerprint density at radius 1 is 1.06 bits per heavy atom. The van der Waals surface area contributed by atoms with E-state index < -0.39 is 0 Å². The van der Waals surface area contributed by atoms with E-state index in [-0.39, 0.29) is 5.91 Å². The first-order valence-corrected chi connectivity index (χ1v) is 14.2. The van der Waals surface area contributed by atoms with Crippen molar-refractivity contribution in [3.8, 4) is 0 Å². The zero-order valence-corrected chi connectivity index (χ0v) is 23.0. The maximum atomic E-state index is 13.9. The van der Waals surface area contributed by atoms with Crippen molar-refractivity contribution in [1.82, 2.24) is 14.5 Å². The molecule has 0 bridgehead atoms. The third-order valence-electron chi connectivity index (χ3n) is 8.11. The predicted octanol–water partition coefficient (Wildman–Crippen LogP) is 7.75. The first kappa shape index (κ1) is 26.4. The summed E-state index contributed by atoms with van der Waals surface area (Å²) >= 11 is 0. The second-order valence-electron chi connectivity index (χ2n) is 11.4. The molecule has 0 saturated heterocycles. The summed E-state index contributed by atoms with van der Waals surface area (Å²) in [6, 6.07) is 16.8. The molecule has 36 heavy (non-hydrogen) atoms. The van der Waals surface area contributed by atoms with Crippen molar-refractivity contribution < 1.29 is 4.79 Å². The van der Waals surface area contributed by atoms with Crippen LogP contribution in [0.25, 0.3) is 11.0 Å². The number of carbonyl (C=O) groups excluding carboxylic acids is 1. The van der Waals surface area contributed by atoms with Crippen LogP contribution in [-0.2, 0) is 19.5 Å². The summed E-state index contributed by atoms with van der Waals surface area (Å²) in [7, 11) is 0. The fourth-order valence-electron chi connectivity index (χ4n) is 5.24. The van der Waals surface area contributed by atoms with Crippen LogP contribution in [0, 0.1) is 23.7 Å². The molecule has 1 fully saturated rings. The minimum atomic E-state index is 0.124. The Hall–Kier alpha value is -2.62. The third-order valence-corrected chi connectivity index (χ3v) is 8.11. The molecule has 1 heterocycles. The lowest BCUT2D eigenvalue weighted by molar-refractivity contribution is 0.0729. The van der Waals surface area contributed by atoms with Gasteiger partial charge in [0.2, 0.25) is 0 Å². The predicted molar refractivity (Wildman–Crippen MR) is 150 cm³/mol. The Kier molecular flexibility index (Phi) is 8.87. The van der Waals surface area contributed by atoms with E-state index in [9.17, 15) is 4.79 Å². The highest BCUT2D eigenvalue weighted by atomic mass is 16.2.